The van der Waals surface area contributed by atoms with Gasteiger partial charge in [-0.05, 0) is 47.1 Å². The number of anilines is 2. The second-order valence-corrected chi connectivity index (χ2v) is 10.7. The van der Waals surface area contributed by atoms with Crippen LogP contribution in [0.3, 0.4) is 0 Å². The Morgan fingerprint density at radius 2 is 2.00 bits per heavy atom. The zero-order valence-corrected chi connectivity index (χ0v) is 21.5. The highest BCUT2D eigenvalue weighted by Gasteiger charge is 2.48. The third kappa shape index (κ3) is 5.54. The molecule has 0 bridgehead atoms. The molecule has 0 unspecified atom stereocenters. The fourth-order valence-corrected chi connectivity index (χ4v) is 5.53. The Hall–Kier alpha value is -2.44. The predicted molar refractivity (Wildman–Crippen MR) is 137 cm³/mol. The van der Waals surface area contributed by atoms with E-state index in [-0.39, 0.29) is 6.04 Å². The Labute approximate surface area is 208 Å². The molecule has 0 radical (unpaired) electrons. The molecule has 1 fully saturated rings. The highest BCUT2D eigenvalue weighted by molar-refractivity contribution is 7.21. The van der Waals surface area contributed by atoms with Crippen LogP contribution in [0.15, 0.2) is 18.5 Å². The number of hydrogen-bond acceptors (Lipinski definition) is 11. The molecular weight excluding hydrogens is 468 g/mol. The highest BCUT2D eigenvalue weighted by atomic mass is 32.1. The van der Waals surface area contributed by atoms with Crippen molar-refractivity contribution in [3.8, 4) is 10.6 Å². The molecule has 190 valence electrons. The van der Waals surface area contributed by atoms with Gasteiger partial charge in [-0.1, -0.05) is 0 Å². The molecule has 0 amide bonds. The van der Waals surface area contributed by atoms with E-state index in [9.17, 15) is 15.3 Å². The van der Waals surface area contributed by atoms with Gasteiger partial charge in [-0.3, -0.25) is 4.98 Å². The fourth-order valence-electron chi connectivity index (χ4n) is 4.50. The van der Waals surface area contributed by atoms with E-state index < -0.39 is 29.8 Å². The molecular formula is C24H34N6O4S. The number of pyridine rings is 1. The molecule has 0 aromatic carbocycles. The molecule has 0 aliphatic heterocycles. The number of aryl methyl sites for hydroxylation is 1. The minimum Gasteiger partial charge on any atom is -0.390 e. The molecule has 4 rings (SSSR count). The molecule has 0 spiro atoms. The SMILES string of the molecule is CCOC[C@@H](C)Nc1nc(C)c(-c2nc3cnccc3s2)c(N[C@@H]2C[C@H](C(C)(C)O)[C@@H](O)[C@H]2O)n1. The van der Waals surface area contributed by atoms with Crippen LogP contribution in [0.5, 0.6) is 0 Å². The van der Waals surface area contributed by atoms with Gasteiger partial charge in [-0.2, -0.15) is 4.98 Å². The van der Waals surface area contributed by atoms with Crippen molar-refractivity contribution in [1.29, 1.82) is 0 Å². The second kappa shape index (κ2) is 10.3. The van der Waals surface area contributed by atoms with E-state index in [1.807, 2.05) is 26.8 Å². The van der Waals surface area contributed by atoms with Crippen molar-refractivity contribution in [3.63, 3.8) is 0 Å². The minimum absolute atomic E-state index is 0.0139. The highest BCUT2D eigenvalue weighted by Crippen LogP contribution is 2.40. The Morgan fingerprint density at radius 3 is 2.66 bits per heavy atom. The van der Waals surface area contributed by atoms with Crippen molar-refractivity contribution >= 4 is 33.3 Å². The largest absolute Gasteiger partial charge is 0.390 e. The number of aliphatic hydroxyl groups excluding tert-OH is 2. The van der Waals surface area contributed by atoms with Crippen molar-refractivity contribution in [2.45, 2.75) is 70.9 Å². The van der Waals surface area contributed by atoms with Gasteiger partial charge in [0.25, 0.3) is 0 Å². The Kier molecular flexibility index (Phi) is 7.53. The molecule has 5 atom stereocenters. The van der Waals surface area contributed by atoms with Gasteiger partial charge in [0.15, 0.2) is 0 Å². The maximum atomic E-state index is 10.8. The van der Waals surface area contributed by atoms with E-state index in [0.717, 1.165) is 20.8 Å². The summed E-state index contributed by atoms with van der Waals surface area (Å²) in [5.41, 5.74) is 1.09. The summed E-state index contributed by atoms with van der Waals surface area (Å²) in [5.74, 6) is 0.442. The molecule has 35 heavy (non-hydrogen) atoms. The molecule has 3 aromatic heterocycles. The molecule has 3 heterocycles. The number of nitrogens with zero attached hydrogens (tertiary/aromatic N) is 4. The van der Waals surface area contributed by atoms with Crippen LogP contribution < -0.4 is 10.6 Å². The third-order valence-electron chi connectivity index (χ3n) is 6.35. The lowest BCUT2D eigenvalue weighted by Gasteiger charge is -2.28. The topological polar surface area (TPSA) is 146 Å². The third-order valence-corrected chi connectivity index (χ3v) is 7.41. The van der Waals surface area contributed by atoms with Crippen LogP contribution in [0.4, 0.5) is 11.8 Å². The number of nitrogens with one attached hydrogen (secondary N) is 2. The Morgan fingerprint density at radius 1 is 1.23 bits per heavy atom. The number of hydrogen-bond donors (Lipinski definition) is 5. The van der Waals surface area contributed by atoms with Crippen molar-refractivity contribution < 1.29 is 20.1 Å². The van der Waals surface area contributed by atoms with Crippen LogP contribution in [-0.2, 0) is 4.74 Å². The van der Waals surface area contributed by atoms with Gasteiger partial charge in [0.05, 0.1) is 46.5 Å². The van der Waals surface area contributed by atoms with E-state index in [1.54, 1.807) is 26.2 Å². The molecule has 1 saturated carbocycles. The first-order chi connectivity index (χ1) is 16.6. The quantitative estimate of drug-likeness (QED) is 0.296. The lowest BCUT2D eigenvalue weighted by Crippen LogP contribution is -2.40. The maximum absolute atomic E-state index is 10.8. The van der Waals surface area contributed by atoms with Crippen LogP contribution in [0, 0.1) is 12.8 Å². The first-order valence-corrected chi connectivity index (χ1v) is 12.7. The molecule has 1 aliphatic carbocycles. The first-order valence-electron chi connectivity index (χ1n) is 11.9. The molecule has 5 N–H and O–H groups in total. The smallest absolute Gasteiger partial charge is 0.225 e. The number of rotatable bonds is 9. The van der Waals surface area contributed by atoms with Gasteiger partial charge in [0.2, 0.25) is 5.95 Å². The van der Waals surface area contributed by atoms with Gasteiger partial charge in [-0.15, -0.1) is 11.3 Å². The van der Waals surface area contributed by atoms with Crippen LogP contribution in [0.25, 0.3) is 20.8 Å². The Bertz CT molecular complexity index is 1130. The summed E-state index contributed by atoms with van der Waals surface area (Å²) in [7, 11) is 0. The molecule has 1 aliphatic rings. The average molecular weight is 503 g/mol. The number of ether oxygens (including phenoxy) is 1. The van der Waals surface area contributed by atoms with Gasteiger partial charge in [-0.25, -0.2) is 9.97 Å². The van der Waals surface area contributed by atoms with Crippen molar-refractivity contribution in [1.82, 2.24) is 19.9 Å². The molecule has 0 saturated heterocycles. The van der Waals surface area contributed by atoms with E-state index in [4.69, 9.17) is 14.7 Å². The van der Waals surface area contributed by atoms with E-state index in [1.165, 1.54) is 11.3 Å². The van der Waals surface area contributed by atoms with Crippen molar-refractivity contribution in [3.05, 3.63) is 24.2 Å². The van der Waals surface area contributed by atoms with E-state index in [0.29, 0.717) is 37.1 Å². The monoisotopic (exact) mass is 502 g/mol. The van der Waals surface area contributed by atoms with E-state index >= 15 is 0 Å². The number of fused-ring (bicyclic) bond motifs is 1. The van der Waals surface area contributed by atoms with Crippen LogP contribution in [0.2, 0.25) is 0 Å². The lowest BCUT2D eigenvalue weighted by atomic mass is 9.88. The fraction of sp³-hybridized carbons (Fsp3) is 0.583. The maximum Gasteiger partial charge on any atom is 0.225 e. The van der Waals surface area contributed by atoms with E-state index in [2.05, 4.69) is 20.6 Å². The summed E-state index contributed by atoms with van der Waals surface area (Å²) in [6, 6.07) is 1.38. The van der Waals surface area contributed by atoms with Gasteiger partial charge >= 0.3 is 0 Å². The number of aliphatic hydroxyl groups is 3. The normalized spacial score (nSPS) is 23.5. The zero-order valence-electron chi connectivity index (χ0n) is 20.7. The van der Waals surface area contributed by atoms with Crippen LogP contribution in [-0.4, -0.2) is 78.4 Å². The standard InChI is InChI=1S/C24H34N6O4S/c1-6-34-11-12(2)26-23-27-13(3)18(22-29-16-10-25-8-7-17(16)35-22)21(30-23)28-15-9-14(24(4,5)33)19(31)20(15)32/h7-8,10,12,14-15,19-20,31-33H,6,9,11H2,1-5H3,(H2,26,27,28,30)/t12-,14+,15-,19-,20+/m1/s1. The summed E-state index contributed by atoms with van der Waals surface area (Å²) in [6.45, 7) is 10.2. The summed E-state index contributed by atoms with van der Waals surface area (Å²) in [4.78, 5) is 18.3. The van der Waals surface area contributed by atoms with Gasteiger partial charge in [0, 0.05) is 24.8 Å². The Balaban J connectivity index is 1.72. The van der Waals surface area contributed by atoms with Gasteiger partial charge in [0.1, 0.15) is 22.4 Å². The number of thiazole rings is 1. The summed E-state index contributed by atoms with van der Waals surface area (Å²) in [5, 5.41) is 39.2. The minimum atomic E-state index is -1.14. The van der Waals surface area contributed by atoms with Gasteiger partial charge < -0.3 is 30.7 Å². The summed E-state index contributed by atoms with van der Waals surface area (Å²) in [6.07, 6.45) is 1.70. The molecule has 11 heteroatoms. The second-order valence-electron chi connectivity index (χ2n) is 9.65. The van der Waals surface area contributed by atoms with Crippen molar-refractivity contribution in [2.24, 2.45) is 5.92 Å². The predicted octanol–water partition coefficient (Wildman–Crippen LogP) is 2.59. The molecule has 10 nitrogen and oxygen atoms in total. The number of aromatic nitrogens is 4. The average Bonchev–Trinajstić information content (AvgIpc) is 3.33. The summed E-state index contributed by atoms with van der Waals surface area (Å²) < 4.78 is 6.49. The summed E-state index contributed by atoms with van der Waals surface area (Å²) >= 11 is 1.51. The first kappa shape index (κ1) is 25.6. The molecule has 3 aromatic rings. The van der Waals surface area contributed by atoms with Crippen LogP contribution in [0.1, 0.15) is 39.8 Å². The lowest BCUT2D eigenvalue weighted by molar-refractivity contribution is -0.0601. The van der Waals surface area contributed by atoms with Crippen LogP contribution >= 0.6 is 11.3 Å². The van der Waals surface area contributed by atoms with Crippen molar-refractivity contribution in [2.75, 3.05) is 23.8 Å². The zero-order chi connectivity index (χ0) is 25.3.